The summed E-state index contributed by atoms with van der Waals surface area (Å²) in [6.07, 6.45) is 16.8. The van der Waals surface area contributed by atoms with E-state index in [0.29, 0.717) is 32.5 Å². The molecule has 0 aliphatic heterocycles. The fourth-order valence-corrected chi connectivity index (χ4v) is 4.05. The lowest BCUT2D eigenvalue weighted by molar-refractivity contribution is -0.161. The maximum atomic E-state index is 12.6. The predicted molar refractivity (Wildman–Crippen MR) is 125 cm³/mol. The molecule has 0 amide bonds. The van der Waals surface area contributed by atoms with Crippen LogP contribution in [0.25, 0.3) is 0 Å². The maximum absolute atomic E-state index is 12.6. The Balaban J connectivity index is 1.62. The van der Waals surface area contributed by atoms with Crippen LogP contribution in [-0.2, 0) is 25.5 Å². The van der Waals surface area contributed by atoms with Crippen molar-refractivity contribution < 1.29 is 19.1 Å². The number of rotatable bonds is 15. The van der Waals surface area contributed by atoms with Crippen LogP contribution in [0, 0.1) is 11.8 Å². The van der Waals surface area contributed by atoms with Gasteiger partial charge < -0.3 is 9.47 Å². The lowest BCUT2D eigenvalue weighted by Gasteiger charge is -2.25. The summed E-state index contributed by atoms with van der Waals surface area (Å²) < 4.78 is 11.0. The third-order valence-corrected chi connectivity index (χ3v) is 6.01. The highest BCUT2D eigenvalue weighted by molar-refractivity contribution is 5.82. The molecule has 0 spiro atoms. The van der Waals surface area contributed by atoms with Crippen LogP contribution in [0.1, 0.15) is 83.1 Å². The average Bonchev–Trinajstić information content (AvgIpc) is 2.80. The summed E-state index contributed by atoms with van der Waals surface area (Å²) in [6, 6.07) is 9.95. The molecule has 0 fully saturated rings. The molecule has 1 aliphatic carbocycles. The van der Waals surface area contributed by atoms with Crippen molar-refractivity contribution in [2.45, 2.75) is 84.0 Å². The standard InChI is InChI=1S/C27H40O4/c1-2-3-4-5-6-7-8-9-15-21-30-26(28)24-18-13-14-19-25(24)27(29)31-22-20-23-16-11-10-12-17-23/h10-14,16-17,24-25H,2-9,15,18-22H2,1H3. The smallest absolute Gasteiger partial charge is 0.310 e. The van der Waals surface area contributed by atoms with Crippen LogP contribution < -0.4 is 0 Å². The predicted octanol–water partition coefficient (Wildman–Crippen LogP) is 6.43. The van der Waals surface area contributed by atoms with Gasteiger partial charge in [-0.3, -0.25) is 9.59 Å². The molecular formula is C27H40O4. The average molecular weight is 429 g/mol. The van der Waals surface area contributed by atoms with E-state index in [2.05, 4.69) is 6.92 Å². The molecule has 1 aromatic carbocycles. The lowest BCUT2D eigenvalue weighted by atomic mass is 9.83. The fraction of sp³-hybridized carbons (Fsp3) is 0.630. The molecule has 0 aromatic heterocycles. The van der Waals surface area contributed by atoms with Crippen molar-refractivity contribution in [3.05, 3.63) is 48.0 Å². The molecule has 0 saturated carbocycles. The van der Waals surface area contributed by atoms with Crippen LogP contribution in [0.2, 0.25) is 0 Å². The minimum Gasteiger partial charge on any atom is -0.465 e. The van der Waals surface area contributed by atoms with Crippen molar-refractivity contribution in [1.82, 2.24) is 0 Å². The zero-order chi connectivity index (χ0) is 22.2. The van der Waals surface area contributed by atoms with E-state index in [0.717, 1.165) is 18.4 Å². The zero-order valence-electron chi connectivity index (χ0n) is 19.2. The quantitative estimate of drug-likeness (QED) is 0.183. The number of carbonyl (C=O) groups is 2. The Labute approximate surface area is 188 Å². The number of carbonyl (C=O) groups excluding carboxylic acids is 2. The molecule has 2 atom stereocenters. The number of ether oxygens (including phenoxy) is 2. The van der Waals surface area contributed by atoms with Gasteiger partial charge in [0.1, 0.15) is 0 Å². The molecule has 172 valence electrons. The third kappa shape index (κ3) is 10.2. The summed E-state index contributed by atoms with van der Waals surface area (Å²) in [7, 11) is 0. The first-order valence-electron chi connectivity index (χ1n) is 12.2. The topological polar surface area (TPSA) is 52.6 Å². The van der Waals surface area contributed by atoms with Crippen LogP contribution >= 0.6 is 0 Å². The van der Waals surface area contributed by atoms with Gasteiger partial charge in [0.2, 0.25) is 0 Å². The Hall–Kier alpha value is -2.10. The van der Waals surface area contributed by atoms with Gasteiger partial charge >= 0.3 is 11.9 Å². The second-order valence-electron chi connectivity index (χ2n) is 8.55. The van der Waals surface area contributed by atoms with E-state index in [1.807, 2.05) is 42.5 Å². The Morgan fingerprint density at radius 2 is 1.26 bits per heavy atom. The Morgan fingerprint density at radius 1 is 0.742 bits per heavy atom. The van der Waals surface area contributed by atoms with E-state index in [9.17, 15) is 9.59 Å². The van der Waals surface area contributed by atoms with Gasteiger partial charge in [0.15, 0.2) is 0 Å². The minimum absolute atomic E-state index is 0.256. The summed E-state index contributed by atoms with van der Waals surface area (Å²) in [6.45, 7) is 3.02. The Kier molecular flexibility index (Phi) is 12.7. The van der Waals surface area contributed by atoms with Crippen molar-refractivity contribution in [2.24, 2.45) is 11.8 Å². The van der Waals surface area contributed by atoms with E-state index >= 15 is 0 Å². The van der Waals surface area contributed by atoms with Gasteiger partial charge in [0.25, 0.3) is 0 Å². The normalized spacial score (nSPS) is 18.0. The van der Waals surface area contributed by atoms with E-state index < -0.39 is 11.8 Å². The van der Waals surface area contributed by atoms with Crippen LogP contribution in [0.4, 0.5) is 0 Å². The fourth-order valence-electron chi connectivity index (χ4n) is 4.05. The maximum Gasteiger partial charge on any atom is 0.310 e. The highest BCUT2D eigenvalue weighted by atomic mass is 16.5. The van der Waals surface area contributed by atoms with Crippen LogP contribution in [0.5, 0.6) is 0 Å². The number of unbranched alkanes of at least 4 members (excludes halogenated alkanes) is 8. The second kappa shape index (κ2) is 15.7. The summed E-state index contributed by atoms with van der Waals surface area (Å²) in [5.74, 6) is -1.40. The molecule has 1 aliphatic rings. The molecule has 4 nitrogen and oxygen atoms in total. The SMILES string of the molecule is CCCCCCCCCCCOC(=O)C1CC=CCC1C(=O)OCCc1ccccc1. The monoisotopic (exact) mass is 428 g/mol. The highest BCUT2D eigenvalue weighted by Crippen LogP contribution is 2.28. The number of hydrogen-bond donors (Lipinski definition) is 0. The van der Waals surface area contributed by atoms with E-state index in [4.69, 9.17) is 9.47 Å². The molecule has 0 N–H and O–H groups in total. The first-order chi connectivity index (χ1) is 15.2. The van der Waals surface area contributed by atoms with Crippen LogP contribution in [-0.4, -0.2) is 25.2 Å². The largest absolute Gasteiger partial charge is 0.465 e. The van der Waals surface area contributed by atoms with Crippen molar-refractivity contribution >= 4 is 11.9 Å². The minimum atomic E-state index is -0.434. The third-order valence-electron chi connectivity index (χ3n) is 6.01. The van der Waals surface area contributed by atoms with Gasteiger partial charge in [0, 0.05) is 6.42 Å². The van der Waals surface area contributed by atoms with Gasteiger partial charge in [0.05, 0.1) is 25.0 Å². The zero-order valence-corrected chi connectivity index (χ0v) is 19.2. The van der Waals surface area contributed by atoms with E-state index in [1.54, 1.807) is 0 Å². The van der Waals surface area contributed by atoms with Gasteiger partial charge in [-0.2, -0.15) is 0 Å². The van der Waals surface area contributed by atoms with Crippen molar-refractivity contribution in [2.75, 3.05) is 13.2 Å². The van der Waals surface area contributed by atoms with Crippen molar-refractivity contribution in [3.63, 3.8) is 0 Å². The Morgan fingerprint density at radius 3 is 1.84 bits per heavy atom. The molecule has 0 heterocycles. The van der Waals surface area contributed by atoms with Crippen molar-refractivity contribution in [3.8, 4) is 0 Å². The van der Waals surface area contributed by atoms with Crippen LogP contribution in [0.3, 0.4) is 0 Å². The highest BCUT2D eigenvalue weighted by Gasteiger charge is 2.36. The summed E-state index contributed by atoms with van der Waals surface area (Å²) in [5, 5.41) is 0. The van der Waals surface area contributed by atoms with Gasteiger partial charge in [-0.1, -0.05) is 101 Å². The summed E-state index contributed by atoms with van der Waals surface area (Å²) in [4.78, 5) is 25.2. The summed E-state index contributed by atoms with van der Waals surface area (Å²) in [5.41, 5.74) is 1.13. The van der Waals surface area contributed by atoms with Gasteiger partial charge in [-0.25, -0.2) is 0 Å². The second-order valence-corrected chi connectivity index (χ2v) is 8.55. The van der Waals surface area contributed by atoms with Gasteiger partial charge in [-0.15, -0.1) is 0 Å². The summed E-state index contributed by atoms with van der Waals surface area (Å²) >= 11 is 0. The molecule has 1 aromatic rings. The first kappa shape index (κ1) is 25.2. The molecule has 0 bridgehead atoms. The number of esters is 2. The molecule has 2 rings (SSSR count). The molecule has 0 saturated heterocycles. The van der Waals surface area contributed by atoms with E-state index in [1.165, 1.54) is 44.9 Å². The number of hydrogen-bond acceptors (Lipinski definition) is 4. The van der Waals surface area contributed by atoms with Crippen molar-refractivity contribution in [1.29, 1.82) is 0 Å². The van der Waals surface area contributed by atoms with Crippen LogP contribution in [0.15, 0.2) is 42.5 Å². The van der Waals surface area contributed by atoms with Gasteiger partial charge in [-0.05, 0) is 24.8 Å². The van der Waals surface area contributed by atoms with E-state index in [-0.39, 0.29) is 11.9 Å². The molecule has 4 heteroatoms. The molecule has 2 unspecified atom stereocenters. The molecule has 31 heavy (non-hydrogen) atoms. The Bertz CT molecular complexity index is 652. The molecule has 0 radical (unpaired) electrons. The number of benzene rings is 1. The molecular weight excluding hydrogens is 388 g/mol. The first-order valence-corrected chi connectivity index (χ1v) is 12.2. The number of allylic oxidation sites excluding steroid dienone is 2. The lowest BCUT2D eigenvalue weighted by Crippen LogP contribution is -2.34.